The summed E-state index contributed by atoms with van der Waals surface area (Å²) in [6.45, 7) is 2.60. The van der Waals surface area contributed by atoms with Crippen LogP contribution in [0.2, 0.25) is 0 Å². The summed E-state index contributed by atoms with van der Waals surface area (Å²) >= 11 is 0. The Morgan fingerprint density at radius 2 is 1.72 bits per heavy atom. The molecular weight excluding hydrogens is 494 g/mol. The Hall–Kier alpha value is -3.84. The molecule has 7 nitrogen and oxygen atoms in total. The van der Waals surface area contributed by atoms with E-state index in [1.165, 1.54) is 4.90 Å². The summed E-state index contributed by atoms with van der Waals surface area (Å²) in [5, 5.41) is 10.3. The third-order valence-corrected chi connectivity index (χ3v) is 7.87. The maximum absolute atomic E-state index is 14.1. The standard InChI is InChI=1S/C32H35NO6/c1-21-10-9-15-27(21)39-29(23-13-7-4-8-14-23)31(34)33-19-24-16-17-28(37-2)30(25(24)18-26(33)32(35)36)38-20-22-11-5-3-6-12-22/h3-8,11-14,16-17,21,26-27,29H,9-10,15,18-20H2,1-2H3,(H,35,36)/t21?,26-,27?,29-/m1/s1. The van der Waals surface area contributed by atoms with E-state index >= 15 is 0 Å². The Bertz CT molecular complexity index is 1290. The number of methoxy groups -OCH3 is 1. The number of carbonyl (C=O) groups is 2. The normalized spacial score (nSPS) is 21.2. The predicted octanol–water partition coefficient (Wildman–Crippen LogP) is 5.56. The van der Waals surface area contributed by atoms with E-state index in [1.807, 2.05) is 72.8 Å². The van der Waals surface area contributed by atoms with Crippen LogP contribution >= 0.6 is 0 Å². The van der Waals surface area contributed by atoms with E-state index in [0.717, 1.165) is 41.5 Å². The van der Waals surface area contributed by atoms with Crippen LogP contribution in [0.4, 0.5) is 0 Å². The van der Waals surface area contributed by atoms with E-state index in [0.29, 0.717) is 24.0 Å². The average molecular weight is 530 g/mol. The highest BCUT2D eigenvalue weighted by Crippen LogP contribution is 2.40. The molecule has 1 aliphatic carbocycles. The Morgan fingerprint density at radius 1 is 1.00 bits per heavy atom. The molecule has 2 unspecified atom stereocenters. The summed E-state index contributed by atoms with van der Waals surface area (Å²) in [7, 11) is 1.57. The van der Waals surface area contributed by atoms with E-state index in [-0.39, 0.29) is 25.0 Å². The molecule has 0 bridgehead atoms. The van der Waals surface area contributed by atoms with Gasteiger partial charge in [0, 0.05) is 18.5 Å². The molecule has 3 aromatic rings. The first kappa shape index (κ1) is 26.8. The summed E-state index contributed by atoms with van der Waals surface area (Å²) in [6.07, 6.45) is 2.21. The second-order valence-corrected chi connectivity index (χ2v) is 10.4. The van der Waals surface area contributed by atoms with Crippen molar-refractivity contribution >= 4 is 11.9 Å². The lowest BCUT2D eigenvalue weighted by atomic mass is 9.91. The van der Waals surface area contributed by atoms with Gasteiger partial charge in [-0.15, -0.1) is 0 Å². The lowest BCUT2D eigenvalue weighted by Gasteiger charge is -2.38. The number of ether oxygens (including phenoxy) is 3. The van der Waals surface area contributed by atoms with E-state index in [2.05, 4.69) is 6.92 Å². The van der Waals surface area contributed by atoms with Crippen LogP contribution in [-0.2, 0) is 33.9 Å². The topological polar surface area (TPSA) is 85.3 Å². The zero-order valence-electron chi connectivity index (χ0n) is 22.4. The lowest BCUT2D eigenvalue weighted by Crippen LogP contribution is -2.51. The molecule has 0 aromatic heterocycles. The van der Waals surface area contributed by atoms with Crippen LogP contribution in [0.3, 0.4) is 0 Å². The van der Waals surface area contributed by atoms with Crippen LogP contribution in [0.25, 0.3) is 0 Å². The van der Waals surface area contributed by atoms with Crippen molar-refractivity contribution in [3.63, 3.8) is 0 Å². The number of carboxylic acid groups (broad SMARTS) is 1. The van der Waals surface area contributed by atoms with Crippen molar-refractivity contribution in [2.75, 3.05) is 7.11 Å². The van der Waals surface area contributed by atoms with Crippen LogP contribution in [0.5, 0.6) is 11.5 Å². The molecule has 0 saturated heterocycles. The van der Waals surface area contributed by atoms with E-state index in [1.54, 1.807) is 7.11 Å². The Kier molecular flexibility index (Phi) is 8.17. The number of hydrogen-bond donors (Lipinski definition) is 1. The Labute approximate surface area is 229 Å². The minimum atomic E-state index is -1.06. The number of amides is 1. The summed E-state index contributed by atoms with van der Waals surface area (Å²) in [4.78, 5) is 28.1. The fraction of sp³-hybridized carbons (Fsp3) is 0.375. The van der Waals surface area contributed by atoms with Gasteiger partial charge < -0.3 is 24.2 Å². The van der Waals surface area contributed by atoms with E-state index in [9.17, 15) is 14.7 Å². The van der Waals surface area contributed by atoms with Gasteiger partial charge >= 0.3 is 5.97 Å². The van der Waals surface area contributed by atoms with Gasteiger partial charge in [-0.1, -0.05) is 80.1 Å². The molecule has 1 amide bonds. The summed E-state index contributed by atoms with van der Waals surface area (Å²) in [5.74, 6) is 0.00750. The largest absolute Gasteiger partial charge is 0.493 e. The number of hydrogen-bond acceptors (Lipinski definition) is 5. The third-order valence-electron chi connectivity index (χ3n) is 7.87. The van der Waals surface area contributed by atoms with Crippen molar-refractivity contribution in [3.8, 4) is 11.5 Å². The maximum Gasteiger partial charge on any atom is 0.326 e. The number of fused-ring (bicyclic) bond motifs is 1. The van der Waals surface area contributed by atoms with Gasteiger partial charge in [0.05, 0.1) is 13.2 Å². The van der Waals surface area contributed by atoms with Gasteiger partial charge in [0.25, 0.3) is 5.91 Å². The van der Waals surface area contributed by atoms with Gasteiger partial charge in [-0.3, -0.25) is 4.79 Å². The molecule has 1 saturated carbocycles. The van der Waals surface area contributed by atoms with Crippen molar-refractivity contribution in [3.05, 3.63) is 95.1 Å². The number of carbonyl (C=O) groups excluding carboxylic acids is 1. The lowest BCUT2D eigenvalue weighted by molar-refractivity contribution is -0.161. The smallest absolute Gasteiger partial charge is 0.326 e. The molecule has 5 rings (SSSR count). The molecule has 1 fully saturated rings. The third kappa shape index (κ3) is 5.78. The number of benzene rings is 3. The van der Waals surface area contributed by atoms with Crippen molar-refractivity contribution < 1.29 is 28.9 Å². The first-order valence-electron chi connectivity index (χ1n) is 13.6. The quantitative estimate of drug-likeness (QED) is 0.391. The number of carboxylic acids is 1. The molecule has 0 spiro atoms. The highest BCUT2D eigenvalue weighted by molar-refractivity contribution is 5.88. The molecule has 204 valence electrons. The summed E-state index contributed by atoms with van der Waals surface area (Å²) < 4.78 is 18.2. The van der Waals surface area contributed by atoms with Crippen LogP contribution < -0.4 is 9.47 Å². The van der Waals surface area contributed by atoms with Crippen LogP contribution in [0.15, 0.2) is 72.8 Å². The van der Waals surface area contributed by atoms with Gasteiger partial charge in [-0.25, -0.2) is 4.79 Å². The zero-order chi connectivity index (χ0) is 27.4. The summed E-state index contributed by atoms with van der Waals surface area (Å²) in [6, 6.07) is 21.8. The highest BCUT2D eigenvalue weighted by atomic mass is 16.5. The van der Waals surface area contributed by atoms with Gasteiger partial charge in [0.2, 0.25) is 0 Å². The fourth-order valence-electron chi connectivity index (χ4n) is 5.66. The van der Waals surface area contributed by atoms with Crippen LogP contribution in [0.1, 0.15) is 54.5 Å². The van der Waals surface area contributed by atoms with Crippen LogP contribution in [0, 0.1) is 5.92 Å². The van der Waals surface area contributed by atoms with E-state index < -0.39 is 18.1 Å². The number of rotatable bonds is 9. The molecule has 0 radical (unpaired) electrons. The minimum absolute atomic E-state index is 0.0400. The Balaban J connectivity index is 1.46. The fourth-order valence-corrected chi connectivity index (χ4v) is 5.66. The monoisotopic (exact) mass is 529 g/mol. The number of aliphatic carboxylic acids is 1. The SMILES string of the molecule is COc1ccc2c(c1OCc1ccccc1)C[C@H](C(=O)O)N(C(=O)[C@H](OC1CCCC1C)c1ccccc1)C2. The second-order valence-electron chi connectivity index (χ2n) is 10.4. The zero-order valence-corrected chi connectivity index (χ0v) is 22.4. The van der Waals surface area contributed by atoms with Gasteiger partial charge in [0.15, 0.2) is 17.6 Å². The predicted molar refractivity (Wildman–Crippen MR) is 147 cm³/mol. The first-order chi connectivity index (χ1) is 19.0. The second kappa shape index (κ2) is 11.9. The first-order valence-corrected chi connectivity index (χ1v) is 13.6. The van der Waals surface area contributed by atoms with Gasteiger partial charge in [-0.2, -0.15) is 0 Å². The number of nitrogens with zero attached hydrogens (tertiary/aromatic N) is 1. The molecule has 4 atom stereocenters. The molecule has 39 heavy (non-hydrogen) atoms. The molecule has 1 N–H and O–H groups in total. The van der Waals surface area contributed by atoms with Crippen molar-refractivity contribution in [2.45, 2.75) is 64.0 Å². The summed E-state index contributed by atoms with van der Waals surface area (Å²) in [5.41, 5.74) is 3.32. The van der Waals surface area contributed by atoms with Crippen molar-refractivity contribution in [1.29, 1.82) is 0 Å². The highest BCUT2D eigenvalue weighted by Gasteiger charge is 2.41. The molecule has 1 heterocycles. The molecule has 1 aliphatic heterocycles. The molecule has 3 aromatic carbocycles. The minimum Gasteiger partial charge on any atom is -0.493 e. The van der Waals surface area contributed by atoms with Gasteiger partial charge in [0.1, 0.15) is 12.6 Å². The molecule has 7 heteroatoms. The Morgan fingerprint density at radius 3 is 2.36 bits per heavy atom. The van der Waals surface area contributed by atoms with Gasteiger partial charge in [-0.05, 0) is 41.5 Å². The van der Waals surface area contributed by atoms with E-state index in [4.69, 9.17) is 14.2 Å². The molecule has 2 aliphatic rings. The van der Waals surface area contributed by atoms with Crippen molar-refractivity contribution in [2.24, 2.45) is 5.92 Å². The van der Waals surface area contributed by atoms with Crippen LogP contribution in [-0.4, -0.2) is 41.1 Å². The average Bonchev–Trinajstić information content (AvgIpc) is 3.38. The maximum atomic E-state index is 14.1. The molecular formula is C32H35NO6. The van der Waals surface area contributed by atoms with Crippen molar-refractivity contribution in [1.82, 2.24) is 4.90 Å².